The summed E-state index contributed by atoms with van der Waals surface area (Å²) >= 11 is 0. The van der Waals surface area contributed by atoms with Crippen LogP contribution in [0.15, 0.2) is 18.2 Å². The fourth-order valence-corrected chi connectivity index (χ4v) is 3.54. The van der Waals surface area contributed by atoms with Crippen LogP contribution in [0.1, 0.15) is 16.7 Å². The van der Waals surface area contributed by atoms with Gasteiger partial charge in [-0.1, -0.05) is 23.8 Å². The van der Waals surface area contributed by atoms with Crippen molar-refractivity contribution in [3.63, 3.8) is 0 Å². The lowest BCUT2D eigenvalue weighted by atomic mass is 9.69. The van der Waals surface area contributed by atoms with E-state index in [0.29, 0.717) is 6.04 Å². The Bertz CT molecular complexity index is 468. The van der Waals surface area contributed by atoms with Gasteiger partial charge in [0.05, 0.1) is 18.6 Å². The van der Waals surface area contributed by atoms with Gasteiger partial charge in [-0.25, -0.2) is 0 Å². The van der Waals surface area contributed by atoms with Crippen molar-refractivity contribution in [1.82, 2.24) is 10.2 Å². The summed E-state index contributed by atoms with van der Waals surface area (Å²) < 4.78 is 5.63. The van der Waals surface area contributed by atoms with Gasteiger partial charge in [0.25, 0.3) is 0 Å². The molecule has 0 aromatic heterocycles. The zero-order chi connectivity index (χ0) is 13.5. The van der Waals surface area contributed by atoms with Gasteiger partial charge >= 0.3 is 0 Å². The number of benzene rings is 1. The summed E-state index contributed by atoms with van der Waals surface area (Å²) in [5.74, 6) is 0. The first-order valence-electron chi connectivity index (χ1n) is 7.20. The molecule has 0 aliphatic carbocycles. The summed E-state index contributed by atoms with van der Waals surface area (Å²) in [4.78, 5) is 2.50. The third-order valence-electron chi connectivity index (χ3n) is 4.80. The number of likely N-dealkylation sites (N-methyl/N-ethyl adjacent to an activating group) is 1. The van der Waals surface area contributed by atoms with Gasteiger partial charge in [-0.15, -0.1) is 0 Å². The van der Waals surface area contributed by atoms with E-state index in [0.717, 1.165) is 32.8 Å². The molecule has 2 fully saturated rings. The third-order valence-corrected chi connectivity index (χ3v) is 4.80. The van der Waals surface area contributed by atoms with Crippen LogP contribution in [0, 0.1) is 13.8 Å². The molecule has 2 aliphatic rings. The fourth-order valence-electron chi connectivity index (χ4n) is 3.54. The number of rotatable bonds is 2. The average Bonchev–Trinajstić information content (AvgIpc) is 2.34. The predicted octanol–water partition coefficient (Wildman–Crippen LogP) is 1.48. The van der Waals surface area contributed by atoms with E-state index in [1.165, 1.54) is 16.7 Å². The Morgan fingerprint density at radius 3 is 2.74 bits per heavy atom. The molecule has 1 aromatic rings. The Hall–Kier alpha value is -0.900. The van der Waals surface area contributed by atoms with Gasteiger partial charge in [-0.2, -0.15) is 0 Å². The lowest BCUT2D eigenvalue weighted by molar-refractivity contribution is -0.103. The maximum Gasteiger partial charge on any atom is 0.0601 e. The van der Waals surface area contributed by atoms with Crippen molar-refractivity contribution < 1.29 is 4.74 Å². The Morgan fingerprint density at radius 2 is 2.11 bits per heavy atom. The van der Waals surface area contributed by atoms with Crippen molar-refractivity contribution in [3.05, 3.63) is 34.9 Å². The molecule has 3 heteroatoms. The van der Waals surface area contributed by atoms with Crippen molar-refractivity contribution >= 4 is 0 Å². The second-order valence-corrected chi connectivity index (χ2v) is 6.17. The quantitative estimate of drug-likeness (QED) is 0.871. The van der Waals surface area contributed by atoms with Crippen molar-refractivity contribution in [3.8, 4) is 0 Å². The maximum absolute atomic E-state index is 5.63. The molecule has 2 aliphatic heterocycles. The normalized spacial score (nSPS) is 27.0. The van der Waals surface area contributed by atoms with Crippen LogP contribution < -0.4 is 5.32 Å². The van der Waals surface area contributed by atoms with Crippen LogP contribution in [0.3, 0.4) is 0 Å². The maximum atomic E-state index is 5.63. The molecule has 0 spiro atoms. The summed E-state index contributed by atoms with van der Waals surface area (Å²) in [7, 11) is 2.25. The number of hydrogen-bond acceptors (Lipinski definition) is 3. The van der Waals surface area contributed by atoms with Crippen LogP contribution in [0.2, 0.25) is 0 Å². The van der Waals surface area contributed by atoms with Crippen LogP contribution in [-0.4, -0.2) is 50.8 Å². The topological polar surface area (TPSA) is 24.5 Å². The van der Waals surface area contributed by atoms with E-state index in [4.69, 9.17) is 4.74 Å². The molecule has 1 N–H and O–H groups in total. The van der Waals surface area contributed by atoms with Crippen molar-refractivity contribution in [2.24, 2.45) is 0 Å². The molecule has 0 saturated carbocycles. The van der Waals surface area contributed by atoms with Crippen molar-refractivity contribution in [2.75, 3.05) is 39.9 Å². The molecule has 19 heavy (non-hydrogen) atoms. The lowest BCUT2D eigenvalue weighted by Crippen LogP contribution is -2.66. The van der Waals surface area contributed by atoms with Gasteiger partial charge < -0.3 is 10.1 Å². The van der Waals surface area contributed by atoms with E-state index in [1.54, 1.807) is 0 Å². The van der Waals surface area contributed by atoms with Gasteiger partial charge in [0.1, 0.15) is 0 Å². The first-order valence-corrected chi connectivity index (χ1v) is 7.20. The first-order chi connectivity index (χ1) is 9.13. The molecule has 0 bridgehead atoms. The third kappa shape index (κ3) is 2.10. The number of piperazine rings is 1. The highest BCUT2D eigenvalue weighted by molar-refractivity contribution is 5.40. The van der Waals surface area contributed by atoms with Gasteiger partial charge in [0.15, 0.2) is 0 Å². The predicted molar refractivity (Wildman–Crippen MR) is 77.7 cm³/mol. The smallest absolute Gasteiger partial charge is 0.0601 e. The number of nitrogens with one attached hydrogen (secondary N) is 1. The highest BCUT2D eigenvalue weighted by Crippen LogP contribution is 2.40. The standard InChI is InChI=1S/C16H24N2O/c1-12-4-5-13(2)14(8-12)16(10-19-11-16)15-9-17-6-7-18(15)3/h4-5,8,15,17H,6-7,9-11H2,1-3H3. The van der Waals surface area contributed by atoms with E-state index in [1.807, 2.05) is 0 Å². The molecular formula is C16H24N2O. The van der Waals surface area contributed by atoms with Crippen LogP contribution in [0.4, 0.5) is 0 Å². The zero-order valence-corrected chi connectivity index (χ0v) is 12.2. The Labute approximate surface area is 115 Å². The highest BCUT2D eigenvalue weighted by Gasteiger charge is 2.49. The molecule has 1 unspecified atom stereocenters. The summed E-state index contributed by atoms with van der Waals surface area (Å²) in [5, 5.41) is 3.55. The molecule has 0 amide bonds. The highest BCUT2D eigenvalue weighted by atomic mass is 16.5. The average molecular weight is 260 g/mol. The molecule has 3 rings (SSSR count). The van der Waals surface area contributed by atoms with Gasteiger partial charge in [0, 0.05) is 25.7 Å². The van der Waals surface area contributed by atoms with Crippen LogP contribution >= 0.6 is 0 Å². The molecular weight excluding hydrogens is 236 g/mol. The second-order valence-electron chi connectivity index (χ2n) is 6.17. The van der Waals surface area contributed by atoms with Crippen LogP contribution in [0.5, 0.6) is 0 Å². The first kappa shape index (κ1) is 13.1. The lowest BCUT2D eigenvalue weighted by Gasteiger charge is -2.53. The largest absolute Gasteiger partial charge is 0.379 e. The van der Waals surface area contributed by atoms with Gasteiger partial charge in [-0.05, 0) is 32.0 Å². The van der Waals surface area contributed by atoms with Crippen LogP contribution in [0.25, 0.3) is 0 Å². The zero-order valence-electron chi connectivity index (χ0n) is 12.2. The number of ether oxygens (including phenoxy) is 1. The summed E-state index contributed by atoms with van der Waals surface area (Å²) in [5.41, 5.74) is 4.41. The molecule has 2 heterocycles. The van der Waals surface area contributed by atoms with E-state index < -0.39 is 0 Å². The molecule has 0 radical (unpaired) electrons. The van der Waals surface area contributed by atoms with Crippen LogP contribution in [-0.2, 0) is 10.2 Å². The Kier molecular flexibility index (Phi) is 3.37. The summed E-state index contributed by atoms with van der Waals surface area (Å²) in [6.45, 7) is 9.40. The minimum Gasteiger partial charge on any atom is -0.379 e. The number of nitrogens with zero attached hydrogens (tertiary/aromatic N) is 1. The summed E-state index contributed by atoms with van der Waals surface area (Å²) in [6, 6.07) is 7.35. The van der Waals surface area contributed by atoms with Gasteiger partial charge in [0.2, 0.25) is 0 Å². The van der Waals surface area contributed by atoms with E-state index in [2.05, 4.69) is 49.3 Å². The number of aryl methyl sites for hydroxylation is 2. The second kappa shape index (κ2) is 4.89. The Balaban J connectivity index is 2.00. The minimum absolute atomic E-state index is 0.179. The Morgan fingerprint density at radius 1 is 1.32 bits per heavy atom. The molecule has 104 valence electrons. The summed E-state index contributed by atoms with van der Waals surface area (Å²) in [6.07, 6.45) is 0. The minimum atomic E-state index is 0.179. The van der Waals surface area contributed by atoms with E-state index in [9.17, 15) is 0 Å². The molecule has 1 aromatic carbocycles. The molecule has 2 saturated heterocycles. The van der Waals surface area contributed by atoms with E-state index in [-0.39, 0.29) is 5.41 Å². The SMILES string of the molecule is Cc1ccc(C)c(C2(C3CNCCN3C)COC2)c1. The number of hydrogen-bond donors (Lipinski definition) is 1. The molecule has 1 atom stereocenters. The van der Waals surface area contributed by atoms with E-state index >= 15 is 0 Å². The monoisotopic (exact) mass is 260 g/mol. The molecule has 3 nitrogen and oxygen atoms in total. The van der Waals surface area contributed by atoms with Crippen molar-refractivity contribution in [1.29, 1.82) is 0 Å². The van der Waals surface area contributed by atoms with Crippen molar-refractivity contribution in [2.45, 2.75) is 25.3 Å². The van der Waals surface area contributed by atoms with Gasteiger partial charge in [-0.3, -0.25) is 4.90 Å². The fraction of sp³-hybridized carbons (Fsp3) is 0.625.